The van der Waals surface area contributed by atoms with Crippen molar-refractivity contribution in [1.82, 2.24) is 0 Å². The van der Waals surface area contributed by atoms with E-state index in [-0.39, 0.29) is 127 Å². The van der Waals surface area contributed by atoms with Gasteiger partial charge in [-0.05, 0) is 161 Å². The van der Waals surface area contributed by atoms with Crippen LogP contribution in [0.25, 0.3) is 21.5 Å². The third kappa shape index (κ3) is 20.0. The van der Waals surface area contributed by atoms with E-state index in [2.05, 4.69) is 57.7 Å². The minimum atomic E-state index is -4.89. The molecule has 4 aromatic carbocycles. The second kappa shape index (κ2) is 35.1. The number of allylic oxidation sites excluding steroid dienone is 8. The van der Waals surface area contributed by atoms with E-state index in [1.165, 1.54) is 12.1 Å². The van der Waals surface area contributed by atoms with Crippen molar-refractivity contribution in [3.8, 4) is 11.5 Å². The maximum Gasteiger partial charge on any atom is 1.00 e. The molecule has 0 saturated carbocycles. The zero-order chi connectivity index (χ0) is 60.1. The van der Waals surface area contributed by atoms with Gasteiger partial charge in [0.2, 0.25) is 5.69 Å². The monoisotopic (exact) mass is 1310 g/mol. The molecule has 20 nitrogen and oxygen atoms in total. The maximum absolute atomic E-state index is 12.5. The van der Waals surface area contributed by atoms with Crippen LogP contribution in [-0.4, -0.2) is 96.2 Å². The molecule has 7 rings (SSSR count). The van der Waals surface area contributed by atoms with Crippen molar-refractivity contribution in [3.63, 3.8) is 0 Å². The molecule has 3 aliphatic rings. The Kier molecular flexibility index (Phi) is 31.2. The minimum absolute atomic E-state index is 0. The van der Waals surface area contributed by atoms with Gasteiger partial charge in [-0.2, -0.15) is 13.2 Å². The summed E-state index contributed by atoms with van der Waals surface area (Å²) >= 11 is 9.08. The van der Waals surface area contributed by atoms with Crippen molar-refractivity contribution in [3.05, 3.63) is 106 Å². The van der Waals surface area contributed by atoms with Crippen LogP contribution in [0.4, 0.5) is 11.4 Å². The van der Waals surface area contributed by atoms with E-state index in [0.29, 0.717) is 116 Å². The molecule has 4 aromatic rings. The molecule has 0 spiro atoms. The first-order chi connectivity index (χ1) is 39.5. The predicted octanol–water partition coefficient (Wildman–Crippen LogP) is 1.38. The van der Waals surface area contributed by atoms with Crippen LogP contribution in [0.2, 0.25) is 0 Å². The van der Waals surface area contributed by atoms with Crippen molar-refractivity contribution in [1.29, 1.82) is 0 Å². The molecule has 2 N–H and O–H groups in total. The first-order valence-corrected chi connectivity index (χ1v) is 32.4. The summed E-state index contributed by atoms with van der Waals surface area (Å²) in [5.41, 5.74) is 5.54. The number of aliphatic carboxylic acids is 2. The molecule has 0 aromatic heterocycles. The number of unbranched alkanes of at least 4 members (excludes halogenated alkanes) is 6. The Morgan fingerprint density at radius 2 is 1.35 bits per heavy atom. The number of nitrogens with zero attached hydrogens (tertiary/aromatic N) is 2. The van der Waals surface area contributed by atoms with Crippen LogP contribution in [0, 0.1) is 0 Å². The summed E-state index contributed by atoms with van der Waals surface area (Å²) in [4.78, 5) is 24.6. The van der Waals surface area contributed by atoms with Crippen LogP contribution in [0.1, 0.15) is 135 Å². The normalized spacial score (nSPS) is 16.4. The number of hydrogen-bond acceptors (Lipinski definition) is 19. The Bertz CT molecular complexity index is 3450. The predicted molar refractivity (Wildman–Crippen MR) is 310 cm³/mol. The summed E-state index contributed by atoms with van der Waals surface area (Å²) in [6.07, 6.45) is 15.3. The first-order valence-electron chi connectivity index (χ1n) is 27.4. The molecule has 28 heteroatoms. The summed E-state index contributed by atoms with van der Waals surface area (Å²) in [5, 5.41) is 50.1. The summed E-state index contributed by atoms with van der Waals surface area (Å²) in [6.45, 7) is 9.63. The van der Waals surface area contributed by atoms with Crippen LogP contribution in [-0.2, 0) is 59.4 Å². The summed E-state index contributed by atoms with van der Waals surface area (Å²) in [5.74, 6) is -1.08. The van der Waals surface area contributed by atoms with Crippen LogP contribution in [0.5, 0.6) is 11.5 Å². The van der Waals surface area contributed by atoms with Crippen molar-refractivity contribution < 1.29 is 178 Å². The summed E-state index contributed by atoms with van der Waals surface area (Å²) < 4.78 is 96.7. The fraction of sp³-hybridized carbons (Fsp3) is 0.466. The Labute approximate surface area is 582 Å². The molecule has 2 aliphatic heterocycles. The van der Waals surface area contributed by atoms with Gasteiger partial charge in [-0.15, -0.1) is 0 Å². The second-order valence-electron chi connectivity index (χ2n) is 21.6. The Balaban J connectivity index is 0.00000528. The SMILES string of the molecule is CC1(C)C(/C=C/C2=C(Cl)C(=C/C=C3/N(CCCCSOO[O-])c4ccc5cc(S(=O)(=O)[O-])cc(OCCCCCC(=O)O)c5c4C3(C)C)/CCC2)=[N+](CCCCS(=O)(=O)[O-])c2ccc3cc(SOO[O-])cc(OCCCCCC(=O)O)c3c21.[Na+].[Na+].[Na+]. The smallest absolute Gasteiger partial charge is 0.748 e. The zero-order valence-electron chi connectivity index (χ0n) is 49.6. The van der Waals surface area contributed by atoms with Gasteiger partial charge in [0.05, 0.1) is 51.2 Å². The van der Waals surface area contributed by atoms with Gasteiger partial charge < -0.3 is 44.2 Å². The van der Waals surface area contributed by atoms with Gasteiger partial charge in [0, 0.05) is 99.0 Å². The molecule has 86 heavy (non-hydrogen) atoms. The van der Waals surface area contributed by atoms with Crippen LogP contribution in [0.15, 0.2) is 105 Å². The standard InChI is InChI=1S/C58H71ClN2O18S4.3Na/c1-57(2)49(61(29-10-14-33-82(68,69)70)44-24-20-40-34-42(81-79-77-67)36-46(52(40)54(44)57)74-30-11-5-7-18-50(62)63)27-23-39-17-15-16-38(56(39)59)22-26-48-58(3,4)55-45(60(48)28-9-13-32-80-78-76-66)25-21-41-35-43(83(71,72)73)37-47(53(41)55)75-31-12-6-8-19-51(64)65;;;/h20-27,34-37H,5-19,28-33H2,1-4H3,(H5-,62,63,64,65,66,67,68,69,70,71,72,73);;;/q;3*+1/p-3. The van der Waals surface area contributed by atoms with E-state index < -0.39 is 53.7 Å². The van der Waals surface area contributed by atoms with Crippen molar-refractivity contribution in [2.24, 2.45) is 0 Å². The molecular weight excluding hydrogens is 1250 g/mol. The number of hydrogen-bond donors (Lipinski definition) is 2. The van der Waals surface area contributed by atoms with E-state index in [1.807, 2.05) is 42.5 Å². The van der Waals surface area contributed by atoms with Gasteiger partial charge in [0.1, 0.15) is 28.2 Å². The molecule has 452 valence electrons. The second-order valence-corrected chi connectivity index (χ2v) is 26.4. The number of rotatable bonds is 33. The first kappa shape index (κ1) is 76.4. The molecule has 0 saturated heterocycles. The zero-order valence-corrected chi connectivity index (χ0v) is 59.6. The molecule has 0 unspecified atom stereocenters. The molecule has 0 amide bonds. The minimum Gasteiger partial charge on any atom is -0.748 e. The average molecular weight is 1310 g/mol. The number of carboxylic acids is 2. The average Bonchev–Trinajstić information content (AvgIpc) is 1.56. The molecule has 0 bridgehead atoms. The van der Waals surface area contributed by atoms with E-state index in [0.717, 1.165) is 86.3 Å². The molecule has 1 aliphatic carbocycles. The maximum atomic E-state index is 12.5. The Morgan fingerprint density at radius 1 is 0.721 bits per heavy atom. The number of fused-ring (bicyclic) bond motifs is 6. The number of anilines is 1. The number of carbonyl (C=O) groups is 2. The van der Waals surface area contributed by atoms with E-state index in [9.17, 15) is 46.0 Å². The van der Waals surface area contributed by atoms with Gasteiger partial charge in [-0.25, -0.2) is 16.8 Å². The Morgan fingerprint density at radius 3 is 1.98 bits per heavy atom. The van der Waals surface area contributed by atoms with Crippen LogP contribution < -0.4 is 114 Å². The summed E-state index contributed by atoms with van der Waals surface area (Å²) in [6, 6.07) is 13.8. The molecule has 0 atom stereocenters. The number of carboxylic acid groups (broad SMARTS) is 2. The topological polar surface area (TPSA) is 297 Å². The van der Waals surface area contributed by atoms with Gasteiger partial charge >= 0.3 is 101 Å². The fourth-order valence-corrected chi connectivity index (χ4v) is 13.6. The third-order valence-corrected chi connectivity index (χ3v) is 18.3. The van der Waals surface area contributed by atoms with Crippen LogP contribution >= 0.6 is 35.7 Å². The quantitative estimate of drug-likeness (QED) is 0.0130. The number of benzene rings is 4. The van der Waals surface area contributed by atoms with Gasteiger partial charge in [-0.1, -0.05) is 43.7 Å². The Hall–Kier alpha value is -2.06. The third-order valence-electron chi connectivity index (χ3n) is 15.1. The van der Waals surface area contributed by atoms with Gasteiger partial charge in [0.25, 0.3) is 0 Å². The molecule has 0 radical (unpaired) electrons. The van der Waals surface area contributed by atoms with E-state index in [1.54, 1.807) is 12.1 Å². The van der Waals surface area contributed by atoms with Gasteiger partial charge in [0.15, 0.2) is 5.71 Å². The molecular formula is C58H68ClN2Na3O18S4. The van der Waals surface area contributed by atoms with Crippen molar-refractivity contribution in [2.45, 2.75) is 145 Å². The van der Waals surface area contributed by atoms with E-state index >= 15 is 0 Å². The number of halogens is 1. The van der Waals surface area contributed by atoms with Crippen molar-refractivity contribution >= 4 is 106 Å². The molecule has 2 heterocycles. The van der Waals surface area contributed by atoms with Crippen LogP contribution in [0.3, 0.4) is 0 Å². The van der Waals surface area contributed by atoms with Gasteiger partial charge in [-0.3, -0.25) is 19.7 Å². The number of ether oxygens (including phenoxy) is 2. The summed E-state index contributed by atoms with van der Waals surface area (Å²) in [7, 11) is -9.35. The molecule has 0 fully saturated rings. The fourth-order valence-electron chi connectivity index (χ4n) is 11.3. The van der Waals surface area contributed by atoms with E-state index in [4.69, 9.17) is 35.6 Å². The van der Waals surface area contributed by atoms with Crippen molar-refractivity contribution in [2.75, 3.05) is 42.7 Å². The largest absolute Gasteiger partial charge is 1.00 e.